The monoisotopic (exact) mass is 355 g/mol. The van der Waals surface area contributed by atoms with Gasteiger partial charge in [-0.3, -0.25) is 0 Å². The summed E-state index contributed by atoms with van der Waals surface area (Å²) in [5.74, 6) is 0.692. The molecule has 0 radical (unpaired) electrons. The number of halogens is 1. The minimum Gasteiger partial charge on any atom is -0.480 e. The van der Waals surface area contributed by atoms with Crippen LogP contribution in [0.1, 0.15) is 10.4 Å². The van der Waals surface area contributed by atoms with Crippen LogP contribution >= 0.6 is 27.3 Å². The van der Waals surface area contributed by atoms with Gasteiger partial charge in [0.15, 0.2) is 5.13 Å². The van der Waals surface area contributed by atoms with Crippen LogP contribution in [0.25, 0.3) is 0 Å². The first-order chi connectivity index (χ1) is 9.51. The number of anilines is 2. The van der Waals surface area contributed by atoms with Gasteiger partial charge < -0.3 is 15.0 Å². The Hall–Kier alpha value is -1.27. The molecule has 6 heteroatoms. The van der Waals surface area contributed by atoms with E-state index in [4.69, 9.17) is 4.74 Å². The number of thiazole rings is 1. The van der Waals surface area contributed by atoms with E-state index in [2.05, 4.69) is 51.4 Å². The van der Waals surface area contributed by atoms with Crippen LogP contribution in [0.2, 0.25) is 0 Å². The van der Waals surface area contributed by atoms with Gasteiger partial charge in [-0.1, -0.05) is 33.3 Å². The molecule has 1 aromatic heterocycles. The van der Waals surface area contributed by atoms with Crippen LogP contribution in [0.5, 0.6) is 5.88 Å². The minimum absolute atomic E-state index is 0.692. The number of ether oxygens (including phenoxy) is 1. The number of nitrogens with one attached hydrogen (secondary N) is 1. The fraction of sp³-hybridized carbons (Fsp3) is 0.357. The molecule has 0 bridgehead atoms. The van der Waals surface area contributed by atoms with Gasteiger partial charge in [0.05, 0.1) is 18.5 Å². The largest absolute Gasteiger partial charge is 0.480 e. The Labute approximate surface area is 131 Å². The van der Waals surface area contributed by atoms with Crippen molar-refractivity contribution in [3.8, 4) is 5.88 Å². The van der Waals surface area contributed by atoms with Gasteiger partial charge in [0.25, 0.3) is 0 Å². The molecule has 0 saturated heterocycles. The van der Waals surface area contributed by atoms with Crippen molar-refractivity contribution in [1.82, 2.24) is 4.98 Å². The maximum atomic E-state index is 5.33. The van der Waals surface area contributed by atoms with Crippen LogP contribution in [0.3, 0.4) is 0 Å². The Morgan fingerprint density at radius 1 is 1.40 bits per heavy atom. The van der Waals surface area contributed by atoms with E-state index < -0.39 is 0 Å². The third-order valence-electron chi connectivity index (χ3n) is 2.85. The average Bonchev–Trinajstić information content (AvgIpc) is 2.83. The summed E-state index contributed by atoms with van der Waals surface area (Å²) < 4.78 is 6.44. The Bertz CT molecular complexity index is 598. The smallest absolute Gasteiger partial charge is 0.231 e. The van der Waals surface area contributed by atoms with Crippen LogP contribution in [0, 0.1) is 6.92 Å². The van der Waals surface area contributed by atoms with Crippen molar-refractivity contribution in [3.63, 3.8) is 0 Å². The van der Waals surface area contributed by atoms with Gasteiger partial charge >= 0.3 is 0 Å². The molecule has 0 amide bonds. The average molecular weight is 356 g/mol. The molecular formula is C14H18BrN3OS. The zero-order valence-corrected chi connectivity index (χ0v) is 14.4. The third kappa shape index (κ3) is 3.43. The lowest BCUT2D eigenvalue weighted by molar-refractivity contribution is 0.397. The van der Waals surface area contributed by atoms with Gasteiger partial charge in [-0.2, -0.15) is 4.98 Å². The van der Waals surface area contributed by atoms with Crippen molar-refractivity contribution < 1.29 is 4.74 Å². The van der Waals surface area contributed by atoms with Crippen molar-refractivity contribution in [2.75, 3.05) is 31.4 Å². The zero-order valence-electron chi connectivity index (χ0n) is 12.0. The molecule has 108 valence electrons. The Kier molecular flexibility index (Phi) is 4.88. The molecule has 20 heavy (non-hydrogen) atoms. The molecule has 1 heterocycles. The topological polar surface area (TPSA) is 37.4 Å². The first-order valence-corrected chi connectivity index (χ1v) is 7.83. The van der Waals surface area contributed by atoms with Crippen molar-refractivity contribution in [2.45, 2.75) is 13.5 Å². The molecule has 2 rings (SSSR count). The van der Waals surface area contributed by atoms with Crippen molar-refractivity contribution in [3.05, 3.63) is 33.1 Å². The van der Waals surface area contributed by atoms with Gasteiger partial charge in [-0.15, -0.1) is 0 Å². The van der Waals surface area contributed by atoms with E-state index in [1.807, 2.05) is 19.0 Å². The fourth-order valence-electron chi connectivity index (χ4n) is 1.67. The zero-order chi connectivity index (χ0) is 14.7. The molecule has 1 aromatic carbocycles. The maximum absolute atomic E-state index is 5.33. The first kappa shape index (κ1) is 15.1. The van der Waals surface area contributed by atoms with Gasteiger partial charge in [0.2, 0.25) is 5.88 Å². The first-order valence-electron chi connectivity index (χ1n) is 6.22. The molecule has 0 saturated carbocycles. The number of aryl methyl sites for hydroxylation is 1. The minimum atomic E-state index is 0.692. The summed E-state index contributed by atoms with van der Waals surface area (Å²) in [5, 5.41) is 4.35. The Morgan fingerprint density at radius 2 is 2.15 bits per heavy atom. The molecule has 0 atom stereocenters. The van der Waals surface area contributed by atoms with Crippen molar-refractivity contribution in [2.24, 2.45) is 0 Å². The summed E-state index contributed by atoms with van der Waals surface area (Å²) >= 11 is 5.18. The number of rotatable bonds is 5. The van der Waals surface area contributed by atoms with Crippen molar-refractivity contribution >= 4 is 38.1 Å². The summed E-state index contributed by atoms with van der Waals surface area (Å²) in [4.78, 5) is 7.52. The van der Waals surface area contributed by atoms with Crippen LogP contribution in [-0.4, -0.2) is 26.2 Å². The lowest BCUT2D eigenvalue weighted by Crippen LogP contribution is -2.07. The van der Waals surface area contributed by atoms with E-state index in [1.54, 1.807) is 18.4 Å². The van der Waals surface area contributed by atoms with Gasteiger partial charge in [0.1, 0.15) is 0 Å². The van der Waals surface area contributed by atoms with Crippen molar-refractivity contribution in [1.29, 1.82) is 0 Å². The molecule has 0 aliphatic carbocycles. The highest BCUT2D eigenvalue weighted by molar-refractivity contribution is 9.10. The molecule has 0 aliphatic heterocycles. The Balaban J connectivity index is 2.11. The highest BCUT2D eigenvalue weighted by Crippen LogP contribution is 2.31. The highest BCUT2D eigenvalue weighted by atomic mass is 79.9. The second-order valence-corrected chi connectivity index (χ2v) is 6.56. The number of methoxy groups -OCH3 is 1. The highest BCUT2D eigenvalue weighted by Gasteiger charge is 2.12. The van der Waals surface area contributed by atoms with E-state index in [0.717, 1.165) is 20.2 Å². The second-order valence-electron chi connectivity index (χ2n) is 4.64. The predicted molar refractivity (Wildman–Crippen MR) is 89.2 cm³/mol. The molecule has 1 N–H and O–H groups in total. The standard InChI is InChI=1S/C14H18BrN3OS/c1-9-5-6-10(7-11(9)15)16-8-12-13(19-4)17-14(20-12)18(2)3/h5-7,16H,8H2,1-4H3. The lowest BCUT2D eigenvalue weighted by atomic mass is 10.2. The summed E-state index contributed by atoms with van der Waals surface area (Å²) in [5.41, 5.74) is 2.30. The van der Waals surface area contributed by atoms with E-state index in [1.165, 1.54) is 5.56 Å². The summed E-state index contributed by atoms with van der Waals surface area (Å²) in [6.45, 7) is 2.77. The molecule has 0 unspecified atom stereocenters. The van der Waals surface area contributed by atoms with Gasteiger partial charge in [-0.25, -0.2) is 0 Å². The number of hydrogen-bond donors (Lipinski definition) is 1. The van der Waals surface area contributed by atoms with E-state index >= 15 is 0 Å². The summed E-state index contributed by atoms with van der Waals surface area (Å²) in [6, 6.07) is 6.23. The molecule has 0 fully saturated rings. The summed E-state index contributed by atoms with van der Waals surface area (Å²) in [6.07, 6.45) is 0. The molecule has 0 spiro atoms. The molecule has 4 nitrogen and oxygen atoms in total. The predicted octanol–water partition coefficient (Wildman–Crippen LogP) is 3.90. The molecular weight excluding hydrogens is 338 g/mol. The van der Waals surface area contributed by atoms with E-state index in [-0.39, 0.29) is 0 Å². The van der Waals surface area contributed by atoms with Crippen LogP contribution in [-0.2, 0) is 6.54 Å². The molecule has 0 aliphatic rings. The Morgan fingerprint density at radius 3 is 2.75 bits per heavy atom. The third-order valence-corrected chi connectivity index (χ3v) is 4.91. The number of aromatic nitrogens is 1. The maximum Gasteiger partial charge on any atom is 0.231 e. The number of benzene rings is 1. The van der Waals surface area contributed by atoms with Gasteiger partial charge in [-0.05, 0) is 24.6 Å². The number of hydrogen-bond acceptors (Lipinski definition) is 5. The van der Waals surface area contributed by atoms with Crippen LogP contribution in [0.4, 0.5) is 10.8 Å². The van der Waals surface area contributed by atoms with Crippen LogP contribution < -0.4 is 15.0 Å². The quantitative estimate of drug-likeness (QED) is 0.882. The van der Waals surface area contributed by atoms with E-state index in [9.17, 15) is 0 Å². The fourth-order valence-corrected chi connectivity index (χ4v) is 2.94. The number of nitrogens with zero attached hydrogens (tertiary/aromatic N) is 2. The van der Waals surface area contributed by atoms with Crippen LogP contribution in [0.15, 0.2) is 22.7 Å². The summed E-state index contributed by atoms with van der Waals surface area (Å²) in [7, 11) is 5.61. The normalized spacial score (nSPS) is 10.4. The second kappa shape index (κ2) is 6.45. The van der Waals surface area contributed by atoms with E-state index in [0.29, 0.717) is 12.4 Å². The SMILES string of the molecule is COc1nc(N(C)C)sc1CNc1ccc(C)c(Br)c1. The van der Waals surface area contributed by atoms with Gasteiger partial charge in [0, 0.05) is 24.3 Å². The molecule has 2 aromatic rings. The lowest BCUT2D eigenvalue weighted by Gasteiger charge is -2.07.